The summed E-state index contributed by atoms with van der Waals surface area (Å²) in [6.45, 7) is -0.0258. The Labute approximate surface area is 119 Å². The molecule has 0 aliphatic carbocycles. The van der Waals surface area contributed by atoms with E-state index in [1.165, 1.54) is 0 Å². The molecule has 3 rings (SSSR count). The molecule has 1 aromatic carbocycles. The fraction of sp³-hybridized carbons (Fsp3) is 0.214. The highest BCUT2D eigenvalue weighted by Crippen LogP contribution is 2.16. The van der Waals surface area contributed by atoms with E-state index in [1.807, 2.05) is 0 Å². The highest BCUT2D eigenvalue weighted by Gasteiger charge is 2.20. The van der Waals surface area contributed by atoms with Crippen molar-refractivity contribution in [2.75, 3.05) is 6.61 Å². The minimum atomic E-state index is -0.649. The molecule has 0 unspecified atom stereocenters. The largest absolute Gasteiger partial charge is 0.396 e. The van der Waals surface area contributed by atoms with E-state index in [-0.39, 0.29) is 17.7 Å². The minimum absolute atomic E-state index is 0.0258. The molecule has 0 aliphatic heterocycles. The number of para-hydroxylation sites is 1. The first-order valence-corrected chi connectivity index (χ1v) is 6.56. The molecule has 0 spiro atoms. The smallest absolute Gasteiger partial charge is 0.282 e. The number of hydrogen-bond donors (Lipinski definition) is 3. The van der Waals surface area contributed by atoms with Crippen LogP contribution in [0.25, 0.3) is 16.6 Å². The molecule has 0 atom stereocenters. The molecule has 108 valence electrons. The van der Waals surface area contributed by atoms with Gasteiger partial charge in [0.25, 0.3) is 11.5 Å². The highest BCUT2D eigenvalue weighted by molar-refractivity contribution is 6.00. The van der Waals surface area contributed by atoms with Gasteiger partial charge in [-0.3, -0.25) is 9.59 Å². The first kappa shape index (κ1) is 13.3. The van der Waals surface area contributed by atoms with E-state index in [0.29, 0.717) is 35.1 Å². The minimum Gasteiger partial charge on any atom is -0.396 e. The Hall–Kier alpha value is -2.67. The second-order valence-electron chi connectivity index (χ2n) is 4.75. The van der Waals surface area contributed by atoms with Crippen LogP contribution in [0.1, 0.15) is 22.5 Å². The third-order valence-corrected chi connectivity index (χ3v) is 3.38. The number of nitrogens with zero attached hydrogens (tertiary/aromatic N) is 2. The second kappa shape index (κ2) is 5.02. The molecule has 21 heavy (non-hydrogen) atoms. The number of aryl methyl sites for hydroxylation is 1. The Kier molecular flexibility index (Phi) is 3.19. The Bertz CT molecular complexity index is 894. The van der Waals surface area contributed by atoms with Gasteiger partial charge in [-0.1, -0.05) is 12.1 Å². The zero-order valence-corrected chi connectivity index (χ0v) is 11.2. The van der Waals surface area contributed by atoms with Gasteiger partial charge in [0.15, 0.2) is 5.65 Å². The van der Waals surface area contributed by atoms with E-state index >= 15 is 0 Å². The maximum atomic E-state index is 12.4. The first-order valence-electron chi connectivity index (χ1n) is 6.56. The van der Waals surface area contributed by atoms with Gasteiger partial charge in [0.2, 0.25) is 0 Å². The number of aromatic amines is 1. The Morgan fingerprint density at radius 1 is 1.38 bits per heavy atom. The molecular formula is C14H14N4O3. The number of benzene rings is 1. The zero-order valence-electron chi connectivity index (χ0n) is 11.2. The van der Waals surface area contributed by atoms with E-state index < -0.39 is 5.91 Å². The van der Waals surface area contributed by atoms with Crippen molar-refractivity contribution in [3.63, 3.8) is 0 Å². The molecule has 2 aromatic heterocycles. The molecule has 7 nitrogen and oxygen atoms in total. The third-order valence-electron chi connectivity index (χ3n) is 3.38. The normalized spacial score (nSPS) is 11.3. The van der Waals surface area contributed by atoms with Crippen molar-refractivity contribution in [2.45, 2.75) is 12.8 Å². The Morgan fingerprint density at radius 3 is 2.86 bits per heavy atom. The molecule has 7 heteroatoms. The van der Waals surface area contributed by atoms with Gasteiger partial charge in [-0.05, 0) is 25.0 Å². The molecule has 3 aromatic rings. The third kappa shape index (κ3) is 2.07. The number of aromatic nitrogens is 3. The number of aliphatic hydroxyl groups excluding tert-OH is 1. The molecular weight excluding hydrogens is 272 g/mol. The summed E-state index contributed by atoms with van der Waals surface area (Å²) in [6, 6.07) is 6.99. The van der Waals surface area contributed by atoms with E-state index in [2.05, 4.69) is 10.1 Å². The molecule has 0 saturated heterocycles. The van der Waals surface area contributed by atoms with Crippen LogP contribution in [0, 0.1) is 0 Å². The number of primary amides is 1. The maximum absolute atomic E-state index is 12.4. The summed E-state index contributed by atoms with van der Waals surface area (Å²) in [4.78, 5) is 27.2. The number of aliphatic hydroxyl groups is 1. The fourth-order valence-corrected chi connectivity index (χ4v) is 2.43. The lowest BCUT2D eigenvalue weighted by atomic mass is 10.1. The van der Waals surface area contributed by atoms with Crippen LogP contribution in [0.3, 0.4) is 0 Å². The molecule has 1 amide bonds. The highest BCUT2D eigenvalue weighted by atomic mass is 16.3. The van der Waals surface area contributed by atoms with E-state index in [0.717, 1.165) is 4.52 Å². The van der Waals surface area contributed by atoms with Crippen molar-refractivity contribution >= 4 is 22.5 Å². The predicted octanol–water partition coefficient (Wildman–Crippen LogP) is 0.200. The average Bonchev–Trinajstić information content (AvgIpc) is 2.84. The van der Waals surface area contributed by atoms with E-state index in [1.54, 1.807) is 24.3 Å². The molecule has 0 radical (unpaired) electrons. The van der Waals surface area contributed by atoms with Gasteiger partial charge in [0, 0.05) is 6.61 Å². The summed E-state index contributed by atoms with van der Waals surface area (Å²) in [5.74, 6) is -0.649. The number of rotatable bonds is 4. The van der Waals surface area contributed by atoms with Crippen LogP contribution in [0.5, 0.6) is 0 Å². The maximum Gasteiger partial charge on any atom is 0.282 e. The van der Waals surface area contributed by atoms with Crippen LogP contribution >= 0.6 is 0 Å². The van der Waals surface area contributed by atoms with Crippen LogP contribution in [0.4, 0.5) is 0 Å². The number of carbonyl (C=O) groups is 1. The van der Waals surface area contributed by atoms with Crippen LogP contribution < -0.4 is 11.3 Å². The lowest BCUT2D eigenvalue weighted by Gasteiger charge is -2.00. The number of fused-ring (bicyclic) bond motifs is 2. The Morgan fingerprint density at radius 2 is 2.14 bits per heavy atom. The van der Waals surface area contributed by atoms with E-state index in [4.69, 9.17) is 10.8 Å². The Balaban J connectivity index is 2.38. The van der Waals surface area contributed by atoms with Crippen LogP contribution in [-0.2, 0) is 6.42 Å². The summed E-state index contributed by atoms with van der Waals surface area (Å²) >= 11 is 0. The lowest BCUT2D eigenvalue weighted by Crippen LogP contribution is -2.17. The van der Waals surface area contributed by atoms with Gasteiger partial charge in [0.1, 0.15) is 5.56 Å². The summed E-state index contributed by atoms with van der Waals surface area (Å²) in [6.07, 6.45) is 0.817. The summed E-state index contributed by atoms with van der Waals surface area (Å²) < 4.78 is 1.16. The van der Waals surface area contributed by atoms with Gasteiger partial charge < -0.3 is 15.8 Å². The number of H-pyrrole nitrogens is 1. The molecule has 2 heterocycles. The summed E-state index contributed by atoms with van der Waals surface area (Å²) in [7, 11) is 0. The van der Waals surface area contributed by atoms with E-state index in [9.17, 15) is 9.59 Å². The molecule has 0 saturated carbocycles. The summed E-state index contributed by atoms with van der Waals surface area (Å²) in [5.41, 5.74) is 6.63. The van der Waals surface area contributed by atoms with Gasteiger partial charge in [-0.15, -0.1) is 0 Å². The molecule has 0 aliphatic rings. The number of carbonyl (C=O) groups excluding carboxylic acids is 1. The number of nitrogens with two attached hydrogens (primary N) is 1. The molecule has 4 N–H and O–H groups in total. The number of hydrogen-bond acceptors (Lipinski definition) is 4. The number of amides is 1. The molecule has 0 bridgehead atoms. The quantitative estimate of drug-likeness (QED) is 0.635. The van der Waals surface area contributed by atoms with Gasteiger partial charge >= 0.3 is 0 Å². The van der Waals surface area contributed by atoms with Crippen molar-refractivity contribution in [1.29, 1.82) is 0 Å². The first-order chi connectivity index (χ1) is 10.1. The monoisotopic (exact) mass is 286 g/mol. The second-order valence-corrected chi connectivity index (χ2v) is 4.75. The number of nitrogens with one attached hydrogen (secondary N) is 1. The zero-order chi connectivity index (χ0) is 15.0. The van der Waals surface area contributed by atoms with Crippen molar-refractivity contribution in [3.05, 3.63) is 45.9 Å². The SMILES string of the molecule is NC(=O)c1c(CCCO)nn2c(=O)c3ccccc3[nH]c12. The van der Waals surface area contributed by atoms with Crippen LogP contribution in [0.15, 0.2) is 29.1 Å². The predicted molar refractivity (Wildman–Crippen MR) is 77.2 cm³/mol. The standard InChI is InChI=1S/C14H14N4O3/c15-12(20)11-10(6-3-7-19)17-18-13(11)16-9-5-2-1-4-8(9)14(18)21/h1-2,4-5,16,19H,3,6-7H2,(H2,15,20). The van der Waals surface area contributed by atoms with Crippen molar-refractivity contribution < 1.29 is 9.90 Å². The van der Waals surface area contributed by atoms with Crippen molar-refractivity contribution in [1.82, 2.24) is 14.6 Å². The molecule has 0 fully saturated rings. The van der Waals surface area contributed by atoms with Crippen LogP contribution in [0.2, 0.25) is 0 Å². The summed E-state index contributed by atoms with van der Waals surface area (Å²) in [5, 5.41) is 13.6. The topological polar surface area (TPSA) is 113 Å². The average molecular weight is 286 g/mol. The lowest BCUT2D eigenvalue weighted by molar-refractivity contribution is 0.100. The van der Waals surface area contributed by atoms with Crippen molar-refractivity contribution in [2.24, 2.45) is 5.73 Å². The van der Waals surface area contributed by atoms with Crippen LogP contribution in [-0.4, -0.2) is 32.2 Å². The van der Waals surface area contributed by atoms with Gasteiger partial charge in [-0.25, -0.2) is 0 Å². The van der Waals surface area contributed by atoms with Gasteiger partial charge in [-0.2, -0.15) is 9.61 Å². The van der Waals surface area contributed by atoms with Crippen molar-refractivity contribution in [3.8, 4) is 0 Å². The fourth-order valence-electron chi connectivity index (χ4n) is 2.43. The van der Waals surface area contributed by atoms with Gasteiger partial charge in [0.05, 0.1) is 16.6 Å².